The van der Waals surface area contributed by atoms with Crippen LogP contribution in [0.15, 0.2) is 52.0 Å². The van der Waals surface area contributed by atoms with E-state index in [0.29, 0.717) is 9.13 Å². The zero-order valence-corrected chi connectivity index (χ0v) is 18.7. The van der Waals surface area contributed by atoms with Gasteiger partial charge < -0.3 is 15.2 Å². The molecule has 3 N–H and O–H groups in total. The molecule has 0 saturated carbocycles. The van der Waals surface area contributed by atoms with Gasteiger partial charge in [-0.1, -0.05) is 46.3 Å². The van der Waals surface area contributed by atoms with E-state index in [2.05, 4.69) is 31.8 Å². The topological polar surface area (TPSA) is 100 Å². The van der Waals surface area contributed by atoms with Crippen molar-refractivity contribution in [2.75, 3.05) is 6.61 Å². The normalized spacial score (nSPS) is 11.8. The van der Waals surface area contributed by atoms with Crippen LogP contribution in [0.2, 0.25) is 0 Å². The van der Waals surface area contributed by atoms with Crippen LogP contribution >= 0.6 is 38.5 Å². The lowest BCUT2D eigenvalue weighted by molar-refractivity contribution is -0.121. The maximum Gasteiger partial charge on any atom is 0.407 e. The molecule has 2 aromatic rings. The van der Waals surface area contributed by atoms with E-state index in [1.54, 1.807) is 19.1 Å². The third kappa shape index (κ3) is 6.79. The highest BCUT2D eigenvalue weighted by atomic mass is 127. The number of aromatic hydroxyl groups is 1. The molecule has 0 aliphatic carbocycles. The van der Waals surface area contributed by atoms with Crippen molar-refractivity contribution in [1.29, 1.82) is 0 Å². The second kappa shape index (κ2) is 11.0. The molecule has 0 aliphatic heterocycles. The highest BCUT2D eigenvalue weighted by Gasteiger charge is 2.18. The van der Waals surface area contributed by atoms with Crippen LogP contribution in [0.5, 0.6) is 5.75 Å². The predicted molar refractivity (Wildman–Crippen MR) is 118 cm³/mol. The maximum atomic E-state index is 12.3. The number of hydrogen-bond acceptors (Lipinski definition) is 5. The monoisotopic (exact) mass is 559 g/mol. The summed E-state index contributed by atoms with van der Waals surface area (Å²) >= 11 is 5.35. The number of carbonyl (C=O) groups is 2. The molecule has 0 bridgehead atoms. The van der Waals surface area contributed by atoms with Crippen LogP contribution in [0.4, 0.5) is 4.79 Å². The number of rotatable bonds is 7. The van der Waals surface area contributed by atoms with Crippen LogP contribution in [-0.2, 0) is 9.53 Å². The quantitative estimate of drug-likeness (QED) is 0.270. The van der Waals surface area contributed by atoms with Crippen LogP contribution < -0.4 is 10.7 Å². The summed E-state index contributed by atoms with van der Waals surface area (Å²) in [4.78, 5) is 24.1. The maximum absolute atomic E-state index is 12.3. The van der Waals surface area contributed by atoms with Crippen LogP contribution in [0.1, 0.15) is 30.5 Å². The summed E-state index contributed by atoms with van der Waals surface area (Å²) in [5.41, 5.74) is 3.65. The summed E-state index contributed by atoms with van der Waals surface area (Å²) in [5.74, 6) is -0.320. The molecule has 0 saturated heterocycles. The van der Waals surface area contributed by atoms with Gasteiger partial charge in [-0.3, -0.25) is 4.79 Å². The lowest BCUT2D eigenvalue weighted by atomic mass is 10.0. The van der Waals surface area contributed by atoms with Crippen LogP contribution in [0.3, 0.4) is 0 Å². The van der Waals surface area contributed by atoms with E-state index in [1.165, 1.54) is 6.21 Å². The fourth-order valence-electron chi connectivity index (χ4n) is 2.34. The first-order valence-corrected chi connectivity index (χ1v) is 10.3. The van der Waals surface area contributed by atoms with Crippen LogP contribution in [-0.4, -0.2) is 29.9 Å². The summed E-state index contributed by atoms with van der Waals surface area (Å²) in [5, 5.41) is 16.6. The molecule has 28 heavy (non-hydrogen) atoms. The summed E-state index contributed by atoms with van der Waals surface area (Å²) in [6.45, 7) is 1.94. The summed E-state index contributed by atoms with van der Waals surface area (Å²) in [7, 11) is 0. The molecule has 9 heteroatoms. The van der Waals surface area contributed by atoms with Gasteiger partial charge in [0.1, 0.15) is 5.75 Å². The molecule has 0 unspecified atom stereocenters. The Morgan fingerprint density at radius 3 is 2.71 bits per heavy atom. The Morgan fingerprint density at radius 1 is 1.32 bits per heavy atom. The molecule has 0 heterocycles. The summed E-state index contributed by atoms with van der Waals surface area (Å²) < 4.78 is 6.34. The highest BCUT2D eigenvalue weighted by molar-refractivity contribution is 14.1. The molecular formula is C19H19BrIN3O4. The van der Waals surface area contributed by atoms with Gasteiger partial charge in [-0.05, 0) is 47.2 Å². The van der Waals surface area contributed by atoms with Crippen molar-refractivity contribution in [3.8, 4) is 5.75 Å². The Balaban J connectivity index is 2.04. The number of carbonyl (C=O) groups excluding carboxylic acids is 2. The fourth-order valence-corrected chi connectivity index (χ4v) is 3.89. The van der Waals surface area contributed by atoms with Crippen LogP contribution in [0, 0.1) is 3.57 Å². The van der Waals surface area contributed by atoms with Gasteiger partial charge in [0.2, 0.25) is 5.91 Å². The minimum atomic E-state index is -0.596. The highest BCUT2D eigenvalue weighted by Crippen LogP contribution is 2.27. The SMILES string of the molecule is CCOC(=O)N[C@H](CC(=O)N/N=C\c1cc(Br)cc(I)c1O)c1ccccc1. The number of amides is 2. The Hall–Kier alpha value is -2.14. The minimum absolute atomic E-state index is 0.0256. The van der Waals surface area contributed by atoms with Gasteiger partial charge in [-0.2, -0.15) is 5.10 Å². The number of phenols is 1. The molecule has 2 amide bonds. The largest absolute Gasteiger partial charge is 0.506 e. The van der Waals surface area contributed by atoms with E-state index in [4.69, 9.17) is 4.74 Å². The molecule has 7 nitrogen and oxygen atoms in total. The Morgan fingerprint density at radius 2 is 2.04 bits per heavy atom. The van der Waals surface area contributed by atoms with Crippen molar-refractivity contribution >= 4 is 56.7 Å². The Bertz CT molecular complexity index is 862. The molecule has 0 spiro atoms. The van der Waals surface area contributed by atoms with Crippen molar-refractivity contribution in [3.05, 3.63) is 61.6 Å². The van der Waals surface area contributed by atoms with Gasteiger partial charge in [0, 0.05) is 10.0 Å². The number of halogens is 2. The van der Waals surface area contributed by atoms with Crippen molar-refractivity contribution < 1.29 is 19.4 Å². The Labute approximate surface area is 184 Å². The van der Waals surface area contributed by atoms with E-state index < -0.39 is 18.0 Å². The lowest BCUT2D eigenvalue weighted by Gasteiger charge is -2.18. The number of alkyl carbamates (subject to hydrolysis) is 1. The lowest BCUT2D eigenvalue weighted by Crippen LogP contribution is -2.33. The minimum Gasteiger partial charge on any atom is -0.506 e. The van der Waals surface area contributed by atoms with E-state index in [-0.39, 0.29) is 18.8 Å². The third-order valence-corrected chi connectivity index (χ3v) is 4.89. The van der Waals surface area contributed by atoms with Gasteiger partial charge in [-0.15, -0.1) is 0 Å². The first-order valence-electron chi connectivity index (χ1n) is 8.38. The van der Waals surface area contributed by atoms with Gasteiger partial charge in [0.15, 0.2) is 0 Å². The van der Waals surface area contributed by atoms with Gasteiger partial charge in [-0.25, -0.2) is 10.2 Å². The van der Waals surface area contributed by atoms with Crippen molar-refractivity contribution in [3.63, 3.8) is 0 Å². The number of nitrogens with one attached hydrogen (secondary N) is 2. The second-order valence-electron chi connectivity index (χ2n) is 5.65. The van der Waals surface area contributed by atoms with E-state index in [0.717, 1.165) is 10.0 Å². The van der Waals surface area contributed by atoms with Crippen molar-refractivity contribution in [2.45, 2.75) is 19.4 Å². The standard InChI is InChI=1S/C19H19BrIN3O4/c1-2-28-19(27)23-16(12-6-4-3-5-7-12)10-17(25)24-22-11-13-8-14(20)9-15(21)18(13)26/h3-9,11,16,26H,2,10H2,1H3,(H,23,27)(H,24,25)/b22-11-/t16-/m1/s1. The first kappa shape index (κ1) is 22.2. The zero-order valence-electron chi connectivity index (χ0n) is 15.0. The fraction of sp³-hybridized carbons (Fsp3) is 0.211. The zero-order chi connectivity index (χ0) is 20.5. The molecular weight excluding hydrogens is 541 g/mol. The number of benzene rings is 2. The van der Waals surface area contributed by atoms with E-state index in [1.807, 2.05) is 52.9 Å². The number of hydrogen-bond donors (Lipinski definition) is 3. The average Bonchev–Trinajstić information content (AvgIpc) is 2.66. The van der Waals surface area contributed by atoms with Gasteiger partial charge in [0.05, 0.1) is 28.9 Å². The third-order valence-electron chi connectivity index (χ3n) is 3.61. The second-order valence-corrected chi connectivity index (χ2v) is 7.73. The molecule has 0 aliphatic rings. The smallest absolute Gasteiger partial charge is 0.407 e. The average molecular weight is 560 g/mol. The predicted octanol–water partition coefficient (Wildman–Crippen LogP) is 4.09. The number of phenolic OH excluding ortho intramolecular Hbond substituents is 1. The number of ether oxygens (including phenoxy) is 1. The molecule has 0 fully saturated rings. The molecule has 148 valence electrons. The van der Waals surface area contributed by atoms with E-state index in [9.17, 15) is 14.7 Å². The molecule has 2 aromatic carbocycles. The molecule has 1 atom stereocenters. The number of hydrazone groups is 1. The van der Waals surface area contributed by atoms with Crippen molar-refractivity contribution in [1.82, 2.24) is 10.7 Å². The van der Waals surface area contributed by atoms with Gasteiger partial charge >= 0.3 is 6.09 Å². The molecule has 0 radical (unpaired) electrons. The first-order chi connectivity index (χ1) is 13.4. The van der Waals surface area contributed by atoms with Gasteiger partial charge in [0.25, 0.3) is 0 Å². The summed E-state index contributed by atoms with van der Waals surface area (Å²) in [6, 6.07) is 12.0. The Kier molecular flexibility index (Phi) is 8.71. The molecule has 2 rings (SSSR count). The van der Waals surface area contributed by atoms with Crippen molar-refractivity contribution in [2.24, 2.45) is 5.10 Å². The number of nitrogens with zero attached hydrogens (tertiary/aromatic N) is 1. The molecule has 0 aromatic heterocycles. The summed E-state index contributed by atoms with van der Waals surface area (Å²) in [6.07, 6.45) is 0.736. The van der Waals surface area contributed by atoms with E-state index >= 15 is 0 Å². The van der Waals surface area contributed by atoms with Crippen LogP contribution in [0.25, 0.3) is 0 Å².